The summed E-state index contributed by atoms with van der Waals surface area (Å²) in [5.74, 6) is 0.649. The molecule has 0 radical (unpaired) electrons. The Hall–Kier alpha value is -1.70. The Labute approximate surface area is 167 Å². The lowest BCUT2D eigenvalue weighted by atomic mass is 10.0. The van der Waals surface area contributed by atoms with Crippen LogP contribution in [0.2, 0.25) is 0 Å². The number of nitrogens with one attached hydrogen (secondary N) is 1. The lowest BCUT2D eigenvalue weighted by Crippen LogP contribution is -2.58. The van der Waals surface area contributed by atoms with Gasteiger partial charge in [-0.05, 0) is 38.5 Å². The standard InChI is InChI=1S/C21H33FN4O2/c1-16-13-25(14-19(28-16)17-5-7-18(22)8-6-17)20(23-4)24-15-21(2,3)26-9-11-27-12-10-26/h5-8,16,19H,9-15H2,1-4H3,(H,23,24). The van der Waals surface area contributed by atoms with Crippen molar-refractivity contribution in [1.29, 1.82) is 0 Å². The number of nitrogens with zero attached hydrogens (tertiary/aromatic N) is 3. The Bertz CT molecular complexity index is 659. The number of guanidine groups is 1. The lowest BCUT2D eigenvalue weighted by molar-refractivity contribution is -0.0608. The first-order valence-corrected chi connectivity index (χ1v) is 10.1. The Morgan fingerprint density at radius 2 is 1.89 bits per heavy atom. The van der Waals surface area contributed by atoms with Crippen LogP contribution in [0.3, 0.4) is 0 Å². The third kappa shape index (κ3) is 5.21. The maximum Gasteiger partial charge on any atom is 0.193 e. The van der Waals surface area contributed by atoms with Gasteiger partial charge in [0.25, 0.3) is 0 Å². The predicted molar refractivity (Wildman–Crippen MR) is 109 cm³/mol. The van der Waals surface area contributed by atoms with Crippen LogP contribution in [-0.4, -0.2) is 80.4 Å². The van der Waals surface area contributed by atoms with Crippen LogP contribution in [0.15, 0.2) is 29.3 Å². The van der Waals surface area contributed by atoms with Gasteiger partial charge >= 0.3 is 0 Å². The van der Waals surface area contributed by atoms with Gasteiger partial charge in [-0.2, -0.15) is 0 Å². The van der Waals surface area contributed by atoms with E-state index in [0.29, 0.717) is 6.54 Å². The molecule has 6 nitrogen and oxygen atoms in total. The number of halogens is 1. The molecule has 156 valence electrons. The van der Waals surface area contributed by atoms with Crippen LogP contribution in [0.25, 0.3) is 0 Å². The van der Waals surface area contributed by atoms with Crippen LogP contribution in [0.5, 0.6) is 0 Å². The van der Waals surface area contributed by atoms with Gasteiger partial charge in [0.15, 0.2) is 5.96 Å². The first kappa shape index (κ1) is 21.0. The molecule has 2 saturated heterocycles. The van der Waals surface area contributed by atoms with E-state index in [9.17, 15) is 4.39 Å². The van der Waals surface area contributed by atoms with E-state index >= 15 is 0 Å². The molecular formula is C21H33FN4O2. The molecule has 2 fully saturated rings. The Morgan fingerprint density at radius 3 is 2.54 bits per heavy atom. The van der Waals surface area contributed by atoms with Crippen molar-refractivity contribution >= 4 is 5.96 Å². The van der Waals surface area contributed by atoms with Crippen LogP contribution in [0, 0.1) is 5.82 Å². The van der Waals surface area contributed by atoms with Gasteiger partial charge in [0, 0.05) is 38.8 Å². The first-order chi connectivity index (χ1) is 13.4. The molecule has 1 N–H and O–H groups in total. The average molecular weight is 393 g/mol. The van der Waals surface area contributed by atoms with Gasteiger partial charge in [-0.3, -0.25) is 9.89 Å². The largest absolute Gasteiger partial charge is 0.379 e. The van der Waals surface area contributed by atoms with Crippen LogP contribution in [0.1, 0.15) is 32.4 Å². The van der Waals surface area contributed by atoms with E-state index in [2.05, 4.69) is 40.9 Å². The molecule has 0 spiro atoms. The second kappa shape index (κ2) is 9.20. The quantitative estimate of drug-likeness (QED) is 0.629. The molecule has 0 saturated carbocycles. The van der Waals surface area contributed by atoms with E-state index in [1.54, 1.807) is 12.1 Å². The maximum absolute atomic E-state index is 13.3. The number of aliphatic imine (C=N–C) groups is 1. The minimum absolute atomic E-state index is 0.00792. The number of hydrogen-bond acceptors (Lipinski definition) is 4. The van der Waals surface area contributed by atoms with Gasteiger partial charge in [0.2, 0.25) is 0 Å². The third-order valence-electron chi connectivity index (χ3n) is 5.56. The van der Waals surface area contributed by atoms with Crippen LogP contribution >= 0.6 is 0 Å². The van der Waals surface area contributed by atoms with E-state index in [-0.39, 0.29) is 23.6 Å². The van der Waals surface area contributed by atoms with Gasteiger partial charge in [0.05, 0.1) is 25.9 Å². The molecule has 2 unspecified atom stereocenters. The topological polar surface area (TPSA) is 49.3 Å². The highest BCUT2D eigenvalue weighted by Crippen LogP contribution is 2.25. The van der Waals surface area contributed by atoms with Crippen LogP contribution in [-0.2, 0) is 9.47 Å². The fourth-order valence-electron chi connectivity index (χ4n) is 3.89. The zero-order valence-corrected chi connectivity index (χ0v) is 17.4. The van der Waals surface area contributed by atoms with Crippen molar-refractivity contribution in [3.8, 4) is 0 Å². The minimum Gasteiger partial charge on any atom is -0.379 e. The van der Waals surface area contributed by atoms with Crippen molar-refractivity contribution in [3.05, 3.63) is 35.6 Å². The number of morpholine rings is 2. The zero-order valence-electron chi connectivity index (χ0n) is 17.4. The maximum atomic E-state index is 13.3. The minimum atomic E-state index is -0.229. The summed E-state index contributed by atoms with van der Waals surface area (Å²) in [5, 5.41) is 3.56. The van der Waals surface area contributed by atoms with E-state index in [4.69, 9.17) is 9.47 Å². The molecular weight excluding hydrogens is 359 g/mol. The Morgan fingerprint density at radius 1 is 1.21 bits per heavy atom. The summed E-state index contributed by atoms with van der Waals surface area (Å²) in [5.41, 5.74) is 0.996. The summed E-state index contributed by atoms with van der Waals surface area (Å²) in [4.78, 5) is 9.20. The molecule has 2 heterocycles. The molecule has 1 aromatic rings. The SMILES string of the molecule is CN=C(NCC(C)(C)N1CCOCC1)N1CC(C)OC(c2ccc(F)cc2)C1. The molecule has 0 aliphatic carbocycles. The molecule has 2 aliphatic heterocycles. The highest BCUT2D eigenvalue weighted by Gasteiger charge is 2.31. The molecule has 0 bridgehead atoms. The molecule has 3 rings (SSSR count). The molecule has 1 aromatic carbocycles. The second-order valence-electron chi connectivity index (χ2n) is 8.20. The summed E-state index contributed by atoms with van der Waals surface area (Å²) < 4.78 is 24.9. The fraction of sp³-hybridized carbons (Fsp3) is 0.667. The van der Waals surface area contributed by atoms with Gasteiger partial charge in [-0.25, -0.2) is 4.39 Å². The summed E-state index contributed by atoms with van der Waals surface area (Å²) in [6.45, 7) is 12.3. The number of ether oxygens (including phenoxy) is 2. The average Bonchev–Trinajstić information content (AvgIpc) is 2.69. The smallest absolute Gasteiger partial charge is 0.193 e. The second-order valence-corrected chi connectivity index (χ2v) is 8.20. The van der Waals surface area contributed by atoms with E-state index in [1.165, 1.54) is 12.1 Å². The lowest BCUT2D eigenvalue weighted by Gasteiger charge is -2.43. The molecule has 0 aromatic heterocycles. The monoisotopic (exact) mass is 392 g/mol. The number of hydrogen-bond donors (Lipinski definition) is 1. The van der Waals surface area contributed by atoms with Gasteiger partial charge in [0.1, 0.15) is 11.9 Å². The summed E-state index contributed by atoms with van der Waals surface area (Å²) in [7, 11) is 1.82. The van der Waals surface area contributed by atoms with E-state index in [0.717, 1.165) is 50.9 Å². The van der Waals surface area contributed by atoms with E-state index in [1.807, 2.05) is 7.05 Å². The highest BCUT2D eigenvalue weighted by molar-refractivity contribution is 5.80. The summed E-state index contributed by atoms with van der Waals surface area (Å²) in [6.07, 6.45) is -0.0373. The predicted octanol–water partition coefficient (Wildman–Crippen LogP) is 2.27. The first-order valence-electron chi connectivity index (χ1n) is 10.1. The molecule has 2 aliphatic rings. The summed E-state index contributed by atoms with van der Waals surface area (Å²) >= 11 is 0. The van der Waals surface area contributed by atoms with Crippen molar-refractivity contribution in [2.24, 2.45) is 4.99 Å². The molecule has 0 amide bonds. The number of benzene rings is 1. The van der Waals surface area contributed by atoms with E-state index < -0.39 is 0 Å². The Balaban J connectivity index is 1.63. The molecule has 7 heteroatoms. The summed E-state index contributed by atoms with van der Waals surface area (Å²) in [6, 6.07) is 6.57. The van der Waals surface area contributed by atoms with Gasteiger partial charge in [-0.1, -0.05) is 12.1 Å². The van der Waals surface area contributed by atoms with Crippen molar-refractivity contribution in [3.63, 3.8) is 0 Å². The molecule has 2 atom stereocenters. The van der Waals surface area contributed by atoms with Gasteiger partial charge < -0.3 is 19.7 Å². The van der Waals surface area contributed by atoms with Crippen molar-refractivity contribution in [2.75, 3.05) is 53.0 Å². The van der Waals surface area contributed by atoms with Crippen LogP contribution in [0.4, 0.5) is 4.39 Å². The number of rotatable bonds is 4. The fourth-order valence-corrected chi connectivity index (χ4v) is 3.89. The van der Waals surface area contributed by atoms with Crippen molar-refractivity contribution in [1.82, 2.24) is 15.1 Å². The Kier molecular flexibility index (Phi) is 6.91. The zero-order chi connectivity index (χ0) is 20.1. The van der Waals surface area contributed by atoms with Crippen molar-refractivity contribution in [2.45, 2.75) is 38.5 Å². The van der Waals surface area contributed by atoms with Crippen LogP contribution < -0.4 is 5.32 Å². The molecule has 28 heavy (non-hydrogen) atoms. The normalized spacial score (nSPS) is 25.0. The highest BCUT2D eigenvalue weighted by atomic mass is 19.1. The van der Waals surface area contributed by atoms with Crippen molar-refractivity contribution < 1.29 is 13.9 Å². The van der Waals surface area contributed by atoms with Gasteiger partial charge in [-0.15, -0.1) is 0 Å². The third-order valence-corrected chi connectivity index (χ3v) is 5.56.